The average Bonchev–Trinajstić information content (AvgIpc) is 2.45. The van der Waals surface area contributed by atoms with E-state index in [4.69, 9.17) is 0 Å². The Morgan fingerprint density at radius 3 is 1.32 bits per heavy atom. The predicted octanol–water partition coefficient (Wildman–Crippen LogP) is 6.65. The van der Waals surface area contributed by atoms with Crippen LogP contribution in [-0.2, 0) is 0 Å². The Bertz CT molecular complexity index is 303. The zero-order valence-corrected chi connectivity index (χ0v) is 17.2. The van der Waals surface area contributed by atoms with Crippen LogP contribution in [0.5, 0.6) is 0 Å². The zero-order valence-electron chi connectivity index (χ0n) is 16.0. The molecule has 0 bridgehead atoms. The molecule has 7 unspecified atom stereocenters. The summed E-state index contributed by atoms with van der Waals surface area (Å²) in [4.78, 5) is 0. The van der Waals surface area contributed by atoms with Gasteiger partial charge in [-0.3, -0.25) is 0 Å². The van der Waals surface area contributed by atoms with E-state index in [0.29, 0.717) is 0 Å². The van der Waals surface area contributed by atoms with E-state index >= 15 is 0 Å². The minimum Gasteiger partial charge on any atom is -0.134 e. The Kier molecular flexibility index (Phi) is 6.83. The molecule has 0 N–H and O–H groups in total. The molecule has 2 saturated carbocycles. The van der Waals surface area contributed by atoms with E-state index in [9.17, 15) is 0 Å². The normalized spacial score (nSPS) is 41.9. The second kappa shape index (κ2) is 8.00. The van der Waals surface area contributed by atoms with E-state index in [0.717, 1.165) is 53.0 Å². The standard InChI is InChI=1S/C21H41P/c1-13(2)17-9-7-15(5)11-19(17)21(22)20-12-16(6)8-10-18(20)14(3)4/h13-21H,7-12,22H2,1-6H3. The van der Waals surface area contributed by atoms with Gasteiger partial charge in [-0.25, -0.2) is 0 Å². The largest absolute Gasteiger partial charge is 0.134 e. The molecule has 2 fully saturated rings. The number of rotatable bonds is 4. The van der Waals surface area contributed by atoms with Gasteiger partial charge in [0.2, 0.25) is 0 Å². The van der Waals surface area contributed by atoms with Gasteiger partial charge in [0.25, 0.3) is 0 Å². The van der Waals surface area contributed by atoms with Gasteiger partial charge in [-0.15, -0.1) is 9.24 Å². The first-order valence-electron chi connectivity index (χ1n) is 10.1. The summed E-state index contributed by atoms with van der Waals surface area (Å²) >= 11 is 0. The fourth-order valence-corrected chi connectivity index (χ4v) is 6.64. The monoisotopic (exact) mass is 324 g/mol. The van der Waals surface area contributed by atoms with Crippen LogP contribution in [0.25, 0.3) is 0 Å². The molecule has 0 aromatic heterocycles. The Balaban J connectivity index is 2.16. The van der Waals surface area contributed by atoms with Gasteiger partial charge in [-0.05, 0) is 78.7 Å². The van der Waals surface area contributed by atoms with Crippen molar-refractivity contribution < 1.29 is 0 Å². The van der Waals surface area contributed by atoms with E-state index in [2.05, 4.69) is 50.8 Å². The summed E-state index contributed by atoms with van der Waals surface area (Å²) in [7, 11) is 3.36. The van der Waals surface area contributed by atoms with Gasteiger partial charge >= 0.3 is 0 Å². The first-order chi connectivity index (χ1) is 10.3. The van der Waals surface area contributed by atoms with E-state index in [1.54, 1.807) is 0 Å². The van der Waals surface area contributed by atoms with Crippen molar-refractivity contribution in [1.82, 2.24) is 0 Å². The molecule has 0 radical (unpaired) electrons. The van der Waals surface area contributed by atoms with Crippen molar-refractivity contribution in [3.05, 3.63) is 0 Å². The summed E-state index contributed by atoms with van der Waals surface area (Å²) in [6.07, 6.45) is 8.84. The van der Waals surface area contributed by atoms with Gasteiger partial charge in [0.15, 0.2) is 0 Å². The van der Waals surface area contributed by atoms with Crippen LogP contribution in [-0.4, -0.2) is 5.66 Å². The quantitative estimate of drug-likeness (QED) is 0.508. The molecule has 0 spiro atoms. The van der Waals surface area contributed by atoms with E-state index in [-0.39, 0.29) is 0 Å². The van der Waals surface area contributed by atoms with Gasteiger partial charge < -0.3 is 0 Å². The summed E-state index contributed by atoms with van der Waals surface area (Å²) in [5.41, 5.74) is 0.852. The van der Waals surface area contributed by atoms with Crippen molar-refractivity contribution >= 4 is 9.24 Å². The second-order valence-corrected chi connectivity index (χ2v) is 10.3. The average molecular weight is 325 g/mol. The SMILES string of the molecule is CC1CCC(C(C)C)C(C(P)C2CC(C)CCC2C(C)C)C1. The highest BCUT2D eigenvalue weighted by atomic mass is 31.0. The van der Waals surface area contributed by atoms with Crippen LogP contribution in [0.2, 0.25) is 0 Å². The number of hydrogen-bond donors (Lipinski definition) is 0. The zero-order chi connectivity index (χ0) is 16.4. The lowest BCUT2D eigenvalue weighted by Crippen LogP contribution is -2.42. The molecule has 0 aliphatic heterocycles. The third kappa shape index (κ3) is 4.28. The molecule has 2 rings (SSSR count). The summed E-state index contributed by atoms with van der Waals surface area (Å²) in [6.45, 7) is 14.8. The highest BCUT2D eigenvalue weighted by molar-refractivity contribution is 7.17. The van der Waals surface area contributed by atoms with Crippen molar-refractivity contribution in [1.29, 1.82) is 0 Å². The first-order valence-corrected chi connectivity index (χ1v) is 10.7. The smallest absolute Gasteiger partial charge is 0.0202 e. The molecule has 22 heavy (non-hydrogen) atoms. The van der Waals surface area contributed by atoms with Crippen LogP contribution >= 0.6 is 9.24 Å². The molecule has 0 aromatic carbocycles. The van der Waals surface area contributed by atoms with Crippen LogP contribution in [0, 0.1) is 47.3 Å². The summed E-state index contributed by atoms with van der Waals surface area (Å²) in [6, 6.07) is 0. The van der Waals surface area contributed by atoms with Gasteiger partial charge in [0.1, 0.15) is 0 Å². The summed E-state index contributed by atoms with van der Waals surface area (Å²) < 4.78 is 0. The summed E-state index contributed by atoms with van der Waals surface area (Å²) in [5.74, 6) is 7.43. The molecule has 130 valence electrons. The maximum absolute atomic E-state index is 3.36. The third-order valence-corrected chi connectivity index (χ3v) is 8.12. The van der Waals surface area contributed by atoms with Crippen molar-refractivity contribution in [3.8, 4) is 0 Å². The van der Waals surface area contributed by atoms with Crippen LogP contribution < -0.4 is 0 Å². The van der Waals surface area contributed by atoms with Crippen LogP contribution in [0.15, 0.2) is 0 Å². The Morgan fingerprint density at radius 2 is 1.00 bits per heavy atom. The van der Waals surface area contributed by atoms with Gasteiger partial charge in [0, 0.05) is 0 Å². The van der Waals surface area contributed by atoms with E-state index in [1.165, 1.54) is 38.5 Å². The van der Waals surface area contributed by atoms with E-state index in [1.807, 2.05) is 0 Å². The lowest BCUT2D eigenvalue weighted by atomic mass is 9.61. The highest BCUT2D eigenvalue weighted by Gasteiger charge is 2.41. The Morgan fingerprint density at radius 1 is 0.636 bits per heavy atom. The van der Waals surface area contributed by atoms with E-state index < -0.39 is 0 Å². The van der Waals surface area contributed by atoms with Gasteiger partial charge in [-0.2, -0.15) is 0 Å². The molecule has 1 heteroatoms. The fraction of sp³-hybridized carbons (Fsp3) is 1.00. The fourth-order valence-electron chi connectivity index (χ4n) is 5.75. The van der Waals surface area contributed by atoms with Crippen LogP contribution in [0.4, 0.5) is 0 Å². The number of hydrogen-bond acceptors (Lipinski definition) is 0. The first kappa shape index (κ1) is 18.8. The topological polar surface area (TPSA) is 0 Å². The third-order valence-electron chi connectivity index (χ3n) is 7.14. The maximum Gasteiger partial charge on any atom is -0.0202 e. The lowest BCUT2D eigenvalue weighted by molar-refractivity contribution is 0.0733. The molecule has 0 amide bonds. The van der Waals surface area contributed by atoms with Gasteiger partial charge in [0.05, 0.1) is 0 Å². The van der Waals surface area contributed by atoms with Crippen molar-refractivity contribution in [2.24, 2.45) is 47.3 Å². The Hall–Kier alpha value is 0.430. The second-order valence-electron chi connectivity index (χ2n) is 9.56. The van der Waals surface area contributed by atoms with Crippen LogP contribution in [0.1, 0.15) is 80.1 Å². The molecule has 2 aliphatic carbocycles. The summed E-state index contributed by atoms with van der Waals surface area (Å²) in [5, 5.41) is 0. The van der Waals surface area contributed by atoms with Crippen LogP contribution in [0.3, 0.4) is 0 Å². The van der Waals surface area contributed by atoms with Crippen molar-refractivity contribution in [2.75, 3.05) is 0 Å². The molecule has 7 atom stereocenters. The minimum atomic E-state index is 0.852. The molecular formula is C21H41P. The maximum atomic E-state index is 3.36. The molecule has 0 aromatic rings. The minimum absolute atomic E-state index is 0.852. The predicted molar refractivity (Wildman–Crippen MR) is 103 cm³/mol. The molecular weight excluding hydrogens is 283 g/mol. The molecule has 2 aliphatic rings. The van der Waals surface area contributed by atoms with Crippen molar-refractivity contribution in [3.63, 3.8) is 0 Å². The Labute approximate surface area is 142 Å². The molecule has 0 saturated heterocycles. The van der Waals surface area contributed by atoms with Gasteiger partial charge in [-0.1, -0.05) is 54.4 Å². The van der Waals surface area contributed by atoms with Crippen molar-refractivity contribution in [2.45, 2.75) is 85.7 Å². The molecule has 0 nitrogen and oxygen atoms in total. The molecule has 0 heterocycles. The lowest BCUT2D eigenvalue weighted by Gasteiger charge is -2.48. The highest BCUT2D eigenvalue weighted by Crippen LogP contribution is 2.49.